The van der Waals surface area contributed by atoms with E-state index < -0.39 is 0 Å². The standard InChI is InChI=1S/C11H17N3O/c15-9-11-3-1-2-5-14(11)8-7-13-6-4-12-10-13/h4,6,9-11H,1-3,5,7-8H2. The molecule has 1 unspecified atom stereocenters. The van der Waals surface area contributed by atoms with Crippen molar-refractivity contribution >= 4 is 6.29 Å². The summed E-state index contributed by atoms with van der Waals surface area (Å²) in [4.78, 5) is 17.1. The Labute approximate surface area is 89.9 Å². The number of carbonyl (C=O) groups excluding carboxylic acids is 1. The number of nitrogens with zero attached hydrogens (tertiary/aromatic N) is 3. The van der Waals surface area contributed by atoms with Crippen molar-refractivity contribution < 1.29 is 4.79 Å². The Bertz CT molecular complexity index is 297. The van der Waals surface area contributed by atoms with Crippen molar-refractivity contribution in [3.8, 4) is 0 Å². The number of likely N-dealkylation sites (tertiary alicyclic amines) is 1. The van der Waals surface area contributed by atoms with Gasteiger partial charge in [-0.2, -0.15) is 0 Å². The smallest absolute Gasteiger partial charge is 0.137 e. The topological polar surface area (TPSA) is 38.1 Å². The second kappa shape index (κ2) is 5.07. The zero-order valence-electron chi connectivity index (χ0n) is 8.88. The quantitative estimate of drug-likeness (QED) is 0.690. The summed E-state index contributed by atoms with van der Waals surface area (Å²) in [6.45, 7) is 2.92. The predicted octanol–water partition coefficient (Wildman–Crippen LogP) is 0.936. The van der Waals surface area contributed by atoms with E-state index in [1.165, 1.54) is 12.8 Å². The van der Waals surface area contributed by atoms with Crippen molar-refractivity contribution in [1.82, 2.24) is 14.5 Å². The van der Waals surface area contributed by atoms with Crippen LogP contribution in [0.2, 0.25) is 0 Å². The van der Waals surface area contributed by atoms with Crippen LogP contribution < -0.4 is 0 Å². The number of aromatic nitrogens is 2. The molecule has 1 atom stereocenters. The summed E-state index contributed by atoms with van der Waals surface area (Å²) in [5.41, 5.74) is 0. The average molecular weight is 207 g/mol. The van der Waals surface area contributed by atoms with Crippen molar-refractivity contribution in [1.29, 1.82) is 0 Å². The maximum absolute atomic E-state index is 10.9. The van der Waals surface area contributed by atoms with Crippen LogP contribution in [0.5, 0.6) is 0 Å². The van der Waals surface area contributed by atoms with Crippen LogP contribution in [-0.4, -0.2) is 39.9 Å². The molecule has 0 N–H and O–H groups in total. The van der Waals surface area contributed by atoms with Crippen LogP contribution in [-0.2, 0) is 11.3 Å². The lowest BCUT2D eigenvalue weighted by Crippen LogP contribution is -2.42. The summed E-state index contributed by atoms with van der Waals surface area (Å²) >= 11 is 0. The Hall–Kier alpha value is -1.16. The molecule has 0 spiro atoms. The summed E-state index contributed by atoms with van der Waals surface area (Å²) in [5.74, 6) is 0. The third-order valence-electron chi connectivity index (χ3n) is 3.03. The Balaban J connectivity index is 1.84. The number of aldehydes is 1. The average Bonchev–Trinajstić information content (AvgIpc) is 2.79. The van der Waals surface area contributed by atoms with Gasteiger partial charge in [-0.15, -0.1) is 0 Å². The first-order valence-corrected chi connectivity index (χ1v) is 5.55. The maximum Gasteiger partial charge on any atom is 0.137 e. The van der Waals surface area contributed by atoms with Crippen LogP contribution in [0.3, 0.4) is 0 Å². The highest BCUT2D eigenvalue weighted by atomic mass is 16.1. The lowest BCUT2D eigenvalue weighted by atomic mass is 10.0. The van der Waals surface area contributed by atoms with Crippen LogP contribution in [0, 0.1) is 0 Å². The summed E-state index contributed by atoms with van der Waals surface area (Å²) in [5, 5.41) is 0. The van der Waals surface area contributed by atoms with E-state index in [1.54, 1.807) is 6.20 Å². The lowest BCUT2D eigenvalue weighted by molar-refractivity contribution is -0.113. The molecule has 4 nitrogen and oxygen atoms in total. The van der Waals surface area contributed by atoms with E-state index >= 15 is 0 Å². The van der Waals surface area contributed by atoms with E-state index in [2.05, 4.69) is 14.5 Å². The fourth-order valence-corrected chi connectivity index (χ4v) is 2.11. The van der Waals surface area contributed by atoms with E-state index in [1.807, 2.05) is 12.5 Å². The van der Waals surface area contributed by atoms with Gasteiger partial charge in [-0.05, 0) is 19.4 Å². The Morgan fingerprint density at radius 2 is 2.33 bits per heavy atom. The highest BCUT2D eigenvalue weighted by molar-refractivity contribution is 5.57. The summed E-state index contributed by atoms with van der Waals surface area (Å²) in [6.07, 6.45) is 10.1. The predicted molar refractivity (Wildman–Crippen MR) is 57.5 cm³/mol. The number of rotatable bonds is 4. The monoisotopic (exact) mass is 207 g/mol. The SMILES string of the molecule is O=CC1CCCCN1CCn1ccnc1. The maximum atomic E-state index is 10.9. The highest BCUT2D eigenvalue weighted by Crippen LogP contribution is 2.14. The molecule has 1 aliphatic heterocycles. The minimum absolute atomic E-state index is 0.141. The number of imidazole rings is 1. The first kappa shape index (κ1) is 10.4. The zero-order valence-corrected chi connectivity index (χ0v) is 8.88. The van der Waals surface area contributed by atoms with Crippen LogP contribution in [0.25, 0.3) is 0 Å². The third-order valence-corrected chi connectivity index (χ3v) is 3.03. The minimum Gasteiger partial charge on any atom is -0.336 e. The van der Waals surface area contributed by atoms with Gasteiger partial charge in [0.05, 0.1) is 12.4 Å². The molecular formula is C11H17N3O. The van der Waals surface area contributed by atoms with Gasteiger partial charge in [-0.1, -0.05) is 6.42 Å². The van der Waals surface area contributed by atoms with Crippen molar-refractivity contribution in [2.75, 3.05) is 13.1 Å². The van der Waals surface area contributed by atoms with E-state index in [4.69, 9.17) is 0 Å². The van der Waals surface area contributed by atoms with E-state index in [-0.39, 0.29) is 6.04 Å². The Kier molecular flexibility index (Phi) is 3.50. The molecule has 1 aromatic rings. The molecule has 4 heteroatoms. The highest BCUT2D eigenvalue weighted by Gasteiger charge is 2.20. The molecule has 2 rings (SSSR count). The van der Waals surface area contributed by atoms with Crippen molar-refractivity contribution in [2.45, 2.75) is 31.8 Å². The molecule has 1 aliphatic rings. The fraction of sp³-hybridized carbons (Fsp3) is 0.636. The molecule has 0 aromatic carbocycles. The zero-order chi connectivity index (χ0) is 10.5. The number of piperidine rings is 1. The Morgan fingerprint density at radius 3 is 3.07 bits per heavy atom. The molecular weight excluding hydrogens is 190 g/mol. The summed E-state index contributed by atoms with van der Waals surface area (Å²) < 4.78 is 2.05. The molecule has 0 saturated carbocycles. The van der Waals surface area contributed by atoms with Gasteiger partial charge in [0.2, 0.25) is 0 Å². The van der Waals surface area contributed by atoms with Crippen molar-refractivity contribution in [3.63, 3.8) is 0 Å². The van der Waals surface area contributed by atoms with Crippen molar-refractivity contribution in [3.05, 3.63) is 18.7 Å². The Morgan fingerprint density at radius 1 is 1.40 bits per heavy atom. The second-order valence-corrected chi connectivity index (χ2v) is 4.04. The molecule has 0 amide bonds. The summed E-state index contributed by atoms with van der Waals surface area (Å²) in [7, 11) is 0. The molecule has 0 radical (unpaired) electrons. The van der Waals surface area contributed by atoms with E-state index in [0.717, 1.165) is 32.3 Å². The largest absolute Gasteiger partial charge is 0.336 e. The van der Waals surface area contributed by atoms with Crippen LogP contribution in [0.1, 0.15) is 19.3 Å². The second-order valence-electron chi connectivity index (χ2n) is 4.04. The van der Waals surface area contributed by atoms with E-state index in [0.29, 0.717) is 0 Å². The van der Waals surface area contributed by atoms with Crippen molar-refractivity contribution in [2.24, 2.45) is 0 Å². The molecule has 2 heterocycles. The van der Waals surface area contributed by atoms with Gasteiger partial charge in [-0.3, -0.25) is 4.90 Å². The lowest BCUT2D eigenvalue weighted by Gasteiger charge is -2.32. The first-order valence-electron chi connectivity index (χ1n) is 5.55. The molecule has 1 fully saturated rings. The van der Waals surface area contributed by atoms with Gasteiger partial charge >= 0.3 is 0 Å². The normalized spacial score (nSPS) is 22.8. The van der Waals surface area contributed by atoms with Gasteiger partial charge in [0.15, 0.2) is 0 Å². The van der Waals surface area contributed by atoms with Gasteiger partial charge < -0.3 is 9.36 Å². The van der Waals surface area contributed by atoms with Gasteiger partial charge in [0.1, 0.15) is 6.29 Å². The first-order chi connectivity index (χ1) is 7.40. The minimum atomic E-state index is 0.141. The fourth-order valence-electron chi connectivity index (χ4n) is 2.11. The molecule has 82 valence electrons. The van der Waals surface area contributed by atoms with E-state index in [9.17, 15) is 4.79 Å². The van der Waals surface area contributed by atoms with Gasteiger partial charge in [-0.25, -0.2) is 4.98 Å². The van der Waals surface area contributed by atoms with Crippen LogP contribution in [0.15, 0.2) is 18.7 Å². The number of hydrogen-bond acceptors (Lipinski definition) is 3. The van der Waals surface area contributed by atoms with Gasteiger partial charge in [0, 0.05) is 25.5 Å². The molecule has 1 saturated heterocycles. The van der Waals surface area contributed by atoms with Crippen LogP contribution in [0.4, 0.5) is 0 Å². The molecule has 0 aliphatic carbocycles. The number of carbonyl (C=O) groups is 1. The van der Waals surface area contributed by atoms with Crippen LogP contribution >= 0.6 is 0 Å². The molecule has 0 bridgehead atoms. The summed E-state index contributed by atoms with van der Waals surface area (Å²) in [6, 6.07) is 0.141. The molecule has 15 heavy (non-hydrogen) atoms. The third kappa shape index (κ3) is 2.65. The molecule has 1 aromatic heterocycles. The van der Waals surface area contributed by atoms with Gasteiger partial charge in [0.25, 0.3) is 0 Å². The number of hydrogen-bond donors (Lipinski definition) is 0.